The van der Waals surface area contributed by atoms with E-state index in [0.29, 0.717) is 55.0 Å². The topological polar surface area (TPSA) is 70.1 Å². The molecule has 0 saturated heterocycles. The highest BCUT2D eigenvalue weighted by Crippen LogP contribution is 2.34. The Labute approximate surface area is 192 Å². The van der Waals surface area contributed by atoms with Gasteiger partial charge in [0.1, 0.15) is 0 Å². The molecule has 0 saturated carbocycles. The molecule has 0 aliphatic carbocycles. The van der Waals surface area contributed by atoms with Crippen molar-refractivity contribution in [2.75, 3.05) is 19.9 Å². The number of fused-ring (bicyclic) bond motifs is 3. The molecule has 7 nitrogen and oxygen atoms in total. The predicted octanol–water partition coefficient (Wildman–Crippen LogP) is 4.74. The van der Waals surface area contributed by atoms with Gasteiger partial charge in [0.15, 0.2) is 23.0 Å². The van der Waals surface area contributed by atoms with Crippen LogP contribution in [0.5, 0.6) is 28.9 Å². The maximum atomic E-state index is 13.3. The van der Waals surface area contributed by atoms with Crippen LogP contribution in [0.2, 0.25) is 0 Å². The molecule has 0 unspecified atom stereocenters. The first-order valence-corrected chi connectivity index (χ1v) is 11.3. The summed E-state index contributed by atoms with van der Waals surface area (Å²) in [6.07, 6.45) is 4.76. The van der Waals surface area contributed by atoms with E-state index in [1.165, 1.54) is 0 Å². The predicted molar refractivity (Wildman–Crippen MR) is 122 cm³/mol. The third kappa shape index (κ3) is 5.03. The second-order valence-corrected chi connectivity index (χ2v) is 8.11. The maximum absolute atomic E-state index is 13.3. The number of carbonyl (C=O) groups is 1. The van der Waals surface area contributed by atoms with Crippen LogP contribution >= 0.6 is 0 Å². The molecule has 7 heteroatoms. The van der Waals surface area contributed by atoms with Crippen LogP contribution in [0.4, 0.5) is 0 Å². The summed E-state index contributed by atoms with van der Waals surface area (Å²) in [6.45, 7) is 1.90. The van der Waals surface area contributed by atoms with Crippen molar-refractivity contribution in [2.45, 2.75) is 32.2 Å². The molecular weight excluding hydrogens is 420 g/mol. The summed E-state index contributed by atoms with van der Waals surface area (Å²) in [4.78, 5) is 19.7. The third-order valence-corrected chi connectivity index (χ3v) is 5.74. The number of carbonyl (C=O) groups excluding carboxylic acids is 1. The molecule has 0 N–H and O–H groups in total. The number of nitrogens with zero attached hydrogens (tertiary/aromatic N) is 2. The monoisotopic (exact) mass is 446 g/mol. The summed E-state index contributed by atoms with van der Waals surface area (Å²) in [5, 5.41) is 0. The Morgan fingerprint density at radius 3 is 2.67 bits per heavy atom. The Morgan fingerprint density at radius 2 is 1.73 bits per heavy atom. The van der Waals surface area contributed by atoms with E-state index in [1.54, 1.807) is 6.20 Å². The Balaban J connectivity index is 1.38. The van der Waals surface area contributed by atoms with E-state index in [0.717, 1.165) is 30.4 Å². The number of ether oxygens (including phenoxy) is 4. The molecule has 3 heterocycles. The summed E-state index contributed by atoms with van der Waals surface area (Å²) in [5.74, 6) is 3.25. The van der Waals surface area contributed by atoms with Gasteiger partial charge in [-0.25, -0.2) is 4.98 Å². The van der Waals surface area contributed by atoms with Gasteiger partial charge in [0.2, 0.25) is 18.6 Å². The SMILES string of the molecule is O=C(Cc1ccc2c(c1)OCO2)N1CCCCCOc2ccccc2Oc2ncccc2C1. The minimum Gasteiger partial charge on any atom is -0.490 e. The minimum atomic E-state index is 0.0511. The first kappa shape index (κ1) is 21.1. The van der Waals surface area contributed by atoms with Gasteiger partial charge < -0.3 is 23.8 Å². The zero-order valence-corrected chi connectivity index (χ0v) is 18.4. The lowest BCUT2D eigenvalue weighted by Gasteiger charge is -2.24. The molecule has 1 aromatic heterocycles. The van der Waals surface area contributed by atoms with Crippen LogP contribution in [-0.4, -0.2) is 35.7 Å². The fraction of sp³-hybridized carbons (Fsp3) is 0.308. The van der Waals surface area contributed by atoms with Gasteiger partial charge in [-0.3, -0.25) is 4.79 Å². The fourth-order valence-corrected chi connectivity index (χ4v) is 3.99. The molecule has 0 atom stereocenters. The molecule has 1 amide bonds. The largest absolute Gasteiger partial charge is 0.490 e. The van der Waals surface area contributed by atoms with Crippen LogP contribution in [0, 0.1) is 0 Å². The standard InChI is InChI=1S/C26H26N2O5/c29-25(16-19-10-11-22-24(15-19)32-18-31-22)28-13-4-1-5-14-30-21-8-2-3-9-23(21)33-26-20(17-28)7-6-12-27-26/h2-3,6-12,15H,1,4-5,13-14,16-18H2. The number of rotatable bonds is 2. The van der Waals surface area contributed by atoms with Crippen molar-refractivity contribution in [2.24, 2.45) is 0 Å². The lowest BCUT2D eigenvalue weighted by Crippen LogP contribution is -2.33. The number of hydrogen-bond donors (Lipinski definition) is 0. The van der Waals surface area contributed by atoms with Gasteiger partial charge in [0.25, 0.3) is 0 Å². The van der Waals surface area contributed by atoms with Gasteiger partial charge in [-0.2, -0.15) is 0 Å². The molecule has 33 heavy (non-hydrogen) atoms. The Kier molecular flexibility index (Phi) is 6.28. The minimum absolute atomic E-state index is 0.0511. The van der Waals surface area contributed by atoms with Crippen molar-refractivity contribution in [1.29, 1.82) is 0 Å². The number of amides is 1. The zero-order chi connectivity index (χ0) is 22.5. The zero-order valence-electron chi connectivity index (χ0n) is 18.4. The van der Waals surface area contributed by atoms with Gasteiger partial charge in [-0.15, -0.1) is 0 Å². The molecular formula is C26H26N2O5. The van der Waals surface area contributed by atoms with Crippen LogP contribution in [-0.2, 0) is 17.8 Å². The van der Waals surface area contributed by atoms with Crippen molar-refractivity contribution < 1.29 is 23.7 Å². The smallest absolute Gasteiger partial charge is 0.231 e. The van der Waals surface area contributed by atoms with Crippen LogP contribution in [0.15, 0.2) is 60.8 Å². The van der Waals surface area contributed by atoms with Crippen molar-refractivity contribution in [1.82, 2.24) is 9.88 Å². The summed E-state index contributed by atoms with van der Waals surface area (Å²) in [5.41, 5.74) is 1.75. The molecule has 2 aliphatic heterocycles. The number of pyridine rings is 1. The fourth-order valence-electron chi connectivity index (χ4n) is 3.99. The first-order valence-electron chi connectivity index (χ1n) is 11.3. The van der Waals surface area contributed by atoms with Gasteiger partial charge in [-0.05, 0) is 55.2 Å². The van der Waals surface area contributed by atoms with Crippen molar-refractivity contribution >= 4 is 5.91 Å². The first-order chi connectivity index (χ1) is 16.3. The van der Waals surface area contributed by atoms with Crippen LogP contribution in [0.25, 0.3) is 0 Å². The lowest BCUT2D eigenvalue weighted by atomic mass is 10.1. The molecule has 0 radical (unpaired) electrons. The lowest BCUT2D eigenvalue weighted by molar-refractivity contribution is -0.131. The second-order valence-electron chi connectivity index (χ2n) is 8.11. The van der Waals surface area contributed by atoms with Crippen molar-refractivity contribution in [3.8, 4) is 28.9 Å². The second kappa shape index (κ2) is 9.81. The highest BCUT2D eigenvalue weighted by molar-refractivity contribution is 5.79. The van der Waals surface area contributed by atoms with Crippen molar-refractivity contribution in [3.05, 3.63) is 71.9 Å². The van der Waals surface area contributed by atoms with Crippen molar-refractivity contribution in [3.63, 3.8) is 0 Å². The summed E-state index contributed by atoms with van der Waals surface area (Å²) in [6, 6.07) is 17.1. The van der Waals surface area contributed by atoms with Gasteiger partial charge in [0.05, 0.1) is 19.6 Å². The Morgan fingerprint density at radius 1 is 0.879 bits per heavy atom. The van der Waals surface area contributed by atoms with Gasteiger partial charge in [-0.1, -0.05) is 24.3 Å². The van der Waals surface area contributed by atoms with E-state index in [9.17, 15) is 4.79 Å². The highest BCUT2D eigenvalue weighted by atomic mass is 16.7. The maximum Gasteiger partial charge on any atom is 0.231 e. The van der Waals surface area contributed by atoms with E-state index in [-0.39, 0.29) is 12.7 Å². The van der Waals surface area contributed by atoms with E-state index >= 15 is 0 Å². The molecule has 0 bridgehead atoms. The number of para-hydroxylation sites is 2. The van der Waals surface area contributed by atoms with Gasteiger partial charge in [0, 0.05) is 18.3 Å². The Bertz CT molecular complexity index is 1130. The normalized spacial score (nSPS) is 15.6. The van der Waals surface area contributed by atoms with Crippen LogP contribution < -0.4 is 18.9 Å². The van der Waals surface area contributed by atoms with Crippen LogP contribution in [0.3, 0.4) is 0 Å². The Hall–Kier alpha value is -3.74. The number of hydrogen-bond acceptors (Lipinski definition) is 6. The number of aromatic nitrogens is 1. The average Bonchev–Trinajstić information content (AvgIpc) is 3.30. The molecule has 2 aromatic carbocycles. The van der Waals surface area contributed by atoms with E-state index in [2.05, 4.69) is 4.98 Å². The van der Waals surface area contributed by atoms with E-state index in [4.69, 9.17) is 18.9 Å². The summed E-state index contributed by atoms with van der Waals surface area (Å²) >= 11 is 0. The van der Waals surface area contributed by atoms with E-state index in [1.807, 2.05) is 59.5 Å². The number of benzene rings is 2. The quantitative estimate of drug-likeness (QED) is 0.567. The van der Waals surface area contributed by atoms with Crippen LogP contribution in [0.1, 0.15) is 30.4 Å². The molecule has 2 aliphatic rings. The molecule has 5 rings (SSSR count). The highest BCUT2D eigenvalue weighted by Gasteiger charge is 2.20. The summed E-state index contributed by atoms with van der Waals surface area (Å²) in [7, 11) is 0. The molecule has 3 aromatic rings. The molecule has 0 spiro atoms. The summed E-state index contributed by atoms with van der Waals surface area (Å²) < 4.78 is 22.9. The molecule has 170 valence electrons. The molecule has 0 fully saturated rings. The van der Waals surface area contributed by atoms with Gasteiger partial charge >= 0.3 is 0 Å². The average molecular weight is 447 g/mol. The third-order valence-electron chi connectivity index (χ3n) is 5.74. The van der Waals surface area contributed by atoms with E-state index < -0.39 is 0 Å².